The minimum Gasteiger partial charge on any atom is -0.468 e. The lowest BCUT2D eigenvalue weighted by atomic mass is 10.3. The van der Waals surface area contributed by atoms with Gasteiger partial charge in [-0.25, -0.2) is 4.98 Å². The number of hydrogen-bond acceptors (Lipinski definition) is 4. The maximum absolute atomic E-state index is 11.4. The van der Waals surface area contributed by atoms with Gasteiger partial charge in [-0.3, -0.25) is 9.59 Å². The van der Waals surface area contributed by atoms with E-state index in [0.717, 1.165) is 0 Å². The van der Waals surface area contributed by atoms with Gasteiger partial charge in [-0.05, 0) is 12.1 Å². The Balaban J connectivity index is 2.54. The van der Waals surface area contributed by atoms with Gasteiger partial charge >= 0.3 is 5.97 Å². The average molecular weight is 229 g/mol. The molecule has 1 aromatic heterocycles. The van der Waals surface area contributed by atoms with Crippen LogP contribution in [-0.2, 0) is 9.53 Å². The van der Waals surface area contributed by atoms with Crippen molar-refractivity contribution in [3.8, 4) is 0 Å². The number of rotatable bonds is 3. The fourth-order valence-corrected chi connectivity index (χ4v) is 0.949. The summed E-state index contributed by atoms with van der Waals surface area (Å²) in [4.78, 5) is 25.8. The third-order valence-electron chi connectivity index (χ3n) is 1.61. The first-order valence-electron chi connectivity index (χ1n) is 4.10. The standard InChI is InChI=1S/C9H9ClN2O3/c1-15-8(13)5-12-9(14)6-2-3-7(10)11-4-6/h2-4H,5H2,1H3,(H,12,14). The molecule has 0 aromatic carbocycles. The van der Waals surface area contributed by atoms with E-state index in [1.54, 1.807) is 0 Å². The van der Waals surface area contributed by atoms with Gasteiger partial charge in [0.1, 0.15) is 11.7 Å². The summed E-state index contributed by atoms with van der Waals surface area (Å²) in [7, 11) is 1.25. The predicted molar refractivity (Wildman–Crippen MR) is 53.6 cm³/mol. The van der Waals surface area contributed by atoms with Crippen molar-refractivity contribution in [3.63, 3.8) is 0 Å². The first-order chi connectivity index (χ1) is 7.13. The summed E-state index contributed by atoms with van der Waals surface area (Å²) in [6.45, 7) is -0.169. The molecule has 0 saturated heterocycles. The first-order valence-corrected chi connectivity index (χ1v) is 4.48. The van der Waals surface area contributed by atoms with Gasteiger partial charge in [0.05, 0.1) is 12.7 Å². The second kappa shape index (κ2) is 5.31. The quantitative estimate of drug-likeness (QED) is 0.609. The average Bonchev–Trinajstić information content (AvgIpc) is 2.26. The second-order valence-electron chi connectivity index (χ2n) is 2.63. The zero-order valence-corrected chi connectivity index (χ0v) is 8.75. The molecule has 1 aromatic rings. The fraction of sp³-hybridized carbons (Fsp3) is 0.222. The van der Waals surface area contributed by atoms with Gasteiger partial charge in [-0.2, -0.15) is 0 Å². The van der Waals surface area contributed by atoms with Crippen LogP contribution in [0, 0.1) is 0 Å². The number of halogens is 1. The highest BCUT2D eigenvalue weighted by molar-refractivity contribution is 6.29. The van der Waals surface area contributed by atoms with Gasteiger partial charge in [0, 0.05) is 6.20 Å². The van der Waals surface area contributed by atoms with E-state index in [2.05, 4.69) is 15.0 Å². The number of esters is 1. The molecule has 1 N–H and O–H groups in total. The lowest BCUT2D eigenvalue weighted by Crippen LogP contribution is -2.30. The highest BCUT2D eigenvalue weighted by atomic mass is 35.5. The van der Waals surface area contributed by atoms with Crippen LogP contribution in [0.2, 0.25) is 5.15 Å². The van der Waals surface area contributed by atoms with Crippen LogP contribution in [0.15, 0.2) is 18.3 Å². The fourth-order valence-electron chi connectivity index (χ4n) is 0.837. The highest BCUT2D eigenvalue weighted by Crippen LogP contribution is 2.04. The van der Waals surface area contributed by atoms with Crippen molar-refractivity contribution in [2.75, 3.05) is 13.7 Å². The molecule has 6 heteroatoms. The van der Waals surface area contributed by atoms with Gasteiger partial charge in [-0.15, -0.1) is 0 Å². The lowest BCUT2D eigenvalue weighted by molar-refractivity contribution is -0.139. The predicted octanol–water partition coefficient (Wildman–Crippen LogP) is 0.638. The molecule has 1 amide bonds. The van der Waals surface area contributed by atoms with Crippen LogP contribution in [0.5, 0.6) is 0 Å². The van der Waals surface area contributed by atoms with E-state index in [9.17, 15) is 9.59 Å². The van der Waals surface area contributed by atoms with E-state index in [0.29, 0.717) is 10.7 Å². The summed E-state index contributed by atoms with van der Waals surface area (Å²) in [5, 5.41) is 2.68. The number of ether oxygens (including phenoxy) is 1. The van der Waals surface area contributed by atoms with Crippen LogP contribution in [0.1, 0.15) is 10.4 Å². The second-order valence-corrected chi connectivity index (χ2v) is 3.02. The number of pyridine rings is 1. The molecule has 0 radical (unpaired) electrons. The Kier molecular flexibility index (Phi) is 4.05. The number of hydrogen-bond donors (Lipinski definition) is 1. The Bertz CT molecular complexity index is 364. The smallest absolute Gasteiger partial charge is 0.325 e. The highest BCUT2D eigenvalue weighted by Gasteiger charge is 2.07. The van der Waals surface area contributed by atoms with Crippen molar-refractivity contribution >= 4 is 23.5 Å². The van der Waals surface area contributed by atoms with Crippen LogP contribution < -0.4 is 5.32 Å². The van der Waals surface area contributed by atoms with Crippen LogP contribution in [0.3, 0.4) is 0 Å². The summed E-state index contributed by atoms with van der Waals surface area (Å²) < 4.78 is 4.37. The first kappa shape index (κ1) is 11.5. The number of carbonyl (C=O) groups excluding carboxylic acids is 2. The molecule has 0 aliphatic carbocycles. The van der Waals surface area contributed by atoms with E-state index in [-0.39, 0.29) is 6.54 Å². The maximum Gasteiger partial charge on any atom is 0.325 e. The third-order valence-corrected chi connectivity index (χ3v) is 1.83. The minimum absolute atomic E-state index is 0.169. The number of nitrogens with zero attached hydrogens (tertiary/aromatic N) is 1. The largest absolute Gasteiger partial charge is 0.468 e. The van der Waals surface area contributed by atoms with E-state index in [1.807, 2.05) is 0 Å². The molecule has 80 valence electrons. The van der Waals surface area contributed by atoms with Crippen molar-refractivity contribution in [2.45, 2.75) is 0 Å². The van der Waals surface area contributed by atoms with Gasteiger partial charge in [0.25, 0.3) is 5.91 Å². The number of amides is 1. The Labute approximate surface area is 91.4 Å². The molecule has 1 heterocycles. The van der Waals surface area contributed by atoms with Crippen molar-refractivity contribution in [1.82, 2.24) is 10.3 Å². The Morgan fingerprint density at radius 3 is 2.80 bits per heavy atom. The van der Waals surface area contributed by atoms with Crippen LogP contribution in [0.4, 0.5) is 0 Å². The zero-order valence-electron chi connectivity index (χ0n) is 7.99. The summed E-state index contributed by atoms with van der Waals surface area (Å²) in [6.07, 6.45) is 1.33. The molecule has 15 heavy (non-hydrogen) atoms. The molecular weight excluding hydrogens is 220 g/mol. The van der Waals surface area contributed by atoms with Gasteiger partial charge in [0.2, 0.25) is 0 Å². The van der Waals surface area contributed by atoms with Gasteiger partial charge in [0.15, 0.2) is 0 Å². The monoisotopic (exact) mass is 228 g/mol. The number of nitrogens with one attached hydrogen (secondary N) is 1. The Morgan fingerprint density at radius 2 is 2.27 bits per heavy atom. The number of methoxy groups -OCH3 is 1. The SMILES string of the molecule is COC(=O)CNC(=O)c1ccc(Cl)nc1. The topological polar surface area (TPSA) is 68.3 Å². The molecule has 0 aliphatic rings. The number of aromatic nitrogens is 1. The van der Waals surface area contributed by atoms with Crippen molar-refractivity contribution < 1.29 is 14.3 Å². The molecule has 0 bridgehead atoms. The lowest BCUT2D eigenvalue weighted by Gasteiger charge is -2.03. The van der Waals surface area contributed by atoms with E-state index >= 15 is 0 Å². The molecule has 5 nitrogen and oxygen atoms in total. The van der Waals surface area contributed by atoms with Crippen molar-refractivity contribution in [3.05, 3.63) is 29.0 Å². The van der Waals surface area contributed by atoms with E-state index in [4.69, 9.17) is 11.6 Å². The molecular formula is C9H9ClN2O3. The summed E-state index contributed by atoms with van der Waals surface area (Å²) in [5.74, 6) is -0.908. The molecule has 0 fully saturated rings. The molecule has 1 rings (SSSR count). The molecule has 0 atom stereocenters. The van der Waals surface area contributed by atoms with E-state index in [1.165, 1.54) is 25.4 Å². The number of carbonyl (C=O) groups is 2. The van der Waals surface area contributed by atoms with Gasteiger partial charge < -0.3 is 10.1 Å². The van der Waals surface area contributed by atoms with Gasteiger partial charge in [-0.1, -0.05) is 11.6 Å². The molecule has 0 spiro atoms. The minimum atomic E-state index is -0.509. The summed E-state index contributed by atoms with van der Waals surface area (Å²) in [6, 6.07) is 3.01. The maximum atomic E-state index is 11.4. The van der Waals surface area contributed by atoms with Crippen LogP contribution in [-0.4, -0.2) is 30.5 Å². The van der Waals surface area contributed by atoms with Crippen LogP contribution in [0.25, 0.3) is 0 Å². The molecule has 0 aliphatic heterocycles. The zero-order chi connectivity index (χ0) is 11.3. The van der Waals surface area contributed by atoms with Crippen molar-refractivity contribution in [2.24, 2.45) is 0 Å². The van der Waals surface area contributed by atoms with Crippen molar-refractivity contribution in [1.29, 1.82) is 0 Å². The molecule has 0 unspecified atom stereocenters. The normalized spacial score (nSPS) is 9.47. The van der Waals surface area contributed by atoms with Crippen LogP contribution >= 0.6 is 11.6 Å². The third kappa shape index (κ3) is 3.55. The molecule has 0 saturated carbocycles. The van der Waals surface area contributed by atoms with E-state index < -0.39 is 11.9 Å². The summed E-state index contributed by atoms with van der Waals surface area (Å²) >= 11 is 5.55. The summed E-state index contributed by atoms with van der Waals surface area (Å²) in [5.41, 5.74) is 0.336. The Morgan fingerprint density at radius 1 is 1.53 bits per heavy atom. The Hall–Kier alpha value is -1.62.